The van der Waals surface area contributed by atoms with Crippen LogP contribution in [0.5, 0.6) is 0 Å². The molecule has 0 amide bonds. The van der Waals surface area contributed by atoms with Crippen molar-refractivity contribution in [3.63, 3.8) is 0 Å². The average Bonchev–Trinajstić information content (AvgIpc) is 2.94. The van der Waals surface area contributed by atoms with Crippen LogP contribution in [0.1, 0.15) is 19.8 Å². The molecule has 6 heteroatoms. The molecule has 0 aromatic carbocycles. The van der Waals surface area contributed by atoms with E-state index in [0.717, 1.165) is 51.6 Å². The van der Waals surface area contributed by atoms with E-state index >= 15 is 0 Å². The minimum absolute atomic E-state index is 0.778. The summed E-state index contributed by atoms with van der Waals surface area (Å²) < 4.78 is 7.21. The van der Waals surface area contributed by atoms with Crippen molar-refractivity contribution in [1.82, 2.24) is 20.4 Å². The highest BCUT2D eigenvalue weighted by molar-refractivity contribution is 5.79. The Kier molecular flexibility index (Phi) is 8.46. The molecule has 0 unspecified atom stereocenters. The van der Waals surface area contributed by atoms with Crippen LogP contribution >= 0.6 is 0 Å². The standard InChI is InChI=1S/C13H25N5O/c1-3-19-12-6-8-16-13(14-2)15-7-4-10-18-11-5-9-17-18/h5,9,11H,3-4,6-8,10,12H2,1-2H3,(H2,14,15,16). The van der Waals surface area contributed by atoms with Gasteiger partial charge in [-0.15, -0.1) is 0 Å². The van der Waals surface area contributed by atoms with Gasteiger partial charge in [0.1, 0.15) is 0 Å². The summed E-state index contributed by atoms with van der Waals surface area (Å²) in [6.45, 7) is 6.25. The number of nitrogens with one attached hydrogen (secondary N) is 2. The van der Waals surface area contributed by atoms with Gasteiger partial charge in [-0.2, -0.15) is 5.10 Å². The molecule has 6 nitrogen and oxygen atoms in total. The summed E-state index contributed by atoms with van der Waals surface area (Å²) in [7, 11) is 1.78. The first-order valence-electron chi connectivity index (χ1n) is 6.86. The van der Waals surface area contributed by atoms with Crippen molar-refractivity contribution in [2.75, 3.05) is 33.4 Å². The molecule has 1 rings (SSSR count). The second-order valence-corrected chi connectivity index (χ2v) is 4.10. The second kappa shape index (κ2) is 10.4. The molecule has 0 saturated heterocycles. The zero-order valence-corrected chi connectivity index (χ0v) is 11.9. The molecule has 0 radical (unpaired) electrons. The molecule has 108 valence electrons. The Hall–Kier alpha value is -1.56. The van der Waals surface area contributed by atoms with Gasteiger partial charge in [-0.3, -0.25) is 9.67 Å². The Balaban J connectivity index is 2.02. The average molecular weight is 267 g/mol. The van der Waals surface area contributed by atoms with Crippen LogP contribution < -0.4 is 10.6 Å². The highest BCUT2D eigenvalue weighted by Crippen LogP contribution is 1.88. The van der Waals surface area contributed by atoms with Crippen LogP contribution in [0.2, 0.25) is 0 Å². The Bertz CT molecular complexity index is 337. The summed E-state index contributed by atoms with van der Waals surface area (Å²) >= 11 is 0. The molecule has 0 spiro atoms. The molecular formula is C13H25N5O. The predicted molar refractivity (Wildman–Crippen MR) is 77.3 cm³/mol. The first-order chi connectivity index (χ1) is 9.36. The van der Waals surface area contributed by atoms with Gasteiger partial charge in [-0.05, 0) is 25.8 Å². The van der Waals surface area contributed by atoms with Crippen LogP contribution in [0.4, 0.5) is 0 Å². The lowest BCUT2D eigenvalue weighted by Crippen LogP contribution is -2.38. The molecule has 0 fully saturated rings. The Morgan fingerprint density at radius 1 is 1.32 bits per heavy atom. The van der Waals surface area contributed by atoms with Gasteiger partial charge in [0.2, 0.25) is 0 Å². The summed E-state index contributed by atoms with van der Waals surface area (Å²) in [5.41, 5.74) is 0. The minimum atomic E-state index is 0.778. The van der Waals surface area contributed by atoms with E-state index in [-0.39, 0.29) is 0 Å². The topological polar surface area (TPSA) is 63.5 Å². The summed E-state index contributed by atoms with van der Waals surface area (Å²) in [4.78, 5) is 4.17. The first kappa shape index (κ1) is 15.5. The van der Waals surface area contributed by atoms with E-state index in [9.17, 15) is 0 Å². The van der Waals surface area contributed by atoms with Crippen molar-refractivity contribution in [3.8, 4) is 0 Å². The van der Waals surface area contributed by atoms with E-state index in [4.69, 9.17) is 4.74 Å². The maximum atomic E-state index is 5.28. The normalized spacial score (nSPS) is 11.6. The fourth-order valence-corrected chi connectivity index (χ4v) is 1.63. The predicted octanol–water partition coefficient (Wildman–Crippen LogP) is 0.865. The molecule has 19 heavy (non-hydrogen) atoms. The van der Waals surface area contributed by atoms with Crippen LogP contribution in [0.3, 0.4) is 0 Å². The number of guanidine groups is 1. The molecule has 1 heterocycles. The zero-order valence-electron chi connectivity index (χ0n) is 11.9. The van der Waals surface area contributed by atoms with Gasteiger partial charge >= 0.3 is 0 Å². The molecule has 2 N–H and O–H groups in total. The van der Waals surface area contributed by atoms with Crippen LogP contribution in [0.25, 0.3) is 0 Å². The molecule has 0 saturated carbocycles. The fraction of sp³-hybridized carbons (Fsp3) is 0.692. The zero-order chi connectivity index (χ0) is 13.8. The van der Waals surface area contributed by atoms with Crippen LogP contribution in [-0.2, 0) is 11.3 Å². The number of aryl methyl sites for hydroxylation is 1. The van der Waals surface area contributed by atoms with Crippen molar-refractivity contribution in [1.29, 1.82) is 0 Å². The maximum Gasteiger partial charge on any atom is 0.190 e. The smallest absolute Gasteiger partial charge is 0.190 e. The van der Waals surface area contributed by atoms with Gasteiger partial charge in [0, 0.05) is 52.3 Å². The van der Waals surface area contributed by atoms with Gasteiger partial charge in [-0.25, -0.2) is 0 Å². The van der Waals surface area contributed by atoms with Gasteiger partial charge in [-0.1, -0.05) is 0 Å². The summed E-state index contributed by atoms with van der Waals surface area (Å²) in [5.74, 6) is 0.844. The first-order valence-corrected chi connectivity index (χ1v) is 6.86. The van der Waals surface area contributed by atoms with E-state index in [1.807, 2.05) is 23.9 Å². The molecular weight excluding hydrogens is 242 g/mol. The van der Waals surface area contributed by atoms with E-state index in [1.54, 1.807) is 13.2 Å². The lowest BCUT2D eigenvalue weighted by Gasteiger charge is -2.11. The molecule has 0 aliphatic heterocycles. The van der Waals surface area contributed by atoms with Gasteiger partial charge in [0.25, 0.3) is 0 Å². The number of nitrogens with zero attached hydrogens (tertiary/aromatic N) is 3. The Morgan fingerprint density at radius 3 is 2.74 bits per heavy atom. The van der Waals surface area contributed by atoms with E-state index < -0.39 is 0 Å². The van der Waals surface area contributed by atoms with Crippen LogP contribution in [-0.4, -0.2) is 49.1 Å². The quantitative estimate of drug-likeness (QED) is 0.396. The van der Waals surface area contributed by atoms with Crippen molar-refractivity contribution < 1.29 is 4.74 Å². The molecule has 0 aliphatic carbocycles. The minimum Gasteiger partial charge on any atom is -0.382 e. The van der Waals surface area contributed by atoms with Crippen molar-refractivity contribution in [2.24, 2.45) is 4.99 Å². The Morgan fingerprint density at radius 2 is 2.11 bits per heavy atom. The van der Waals surface area contributed by atoms with Crippen LogP contribution in [0.15, 0.2) is 23.5 Å². The number of ether oxygens (including phenoxy) is 1. The van der Waals surface area contributed by atoms with E-state index in [2.05, 4.69) is 20.7 Å². The van der Waals surface area contributed by atoms with E-state index in [0.29, 0.717) is 0 Å². The highest BCUT2D eigenvalue weighted by atomic mass is 16.5. The molecule has 0 aliphatic rings. The number of hydrogen-bond donors (Lipinski definition) is 2. The third kappa shape index (κ3) is 7.46. The molecule has 0 atom stereocenters. The third-order valence-corrected chi connectivity index (χ3v) is 2.60. The number of rotatable bonds is 9. The SMILES string of the molecule is CCOCCCNC(=NC)NCCCn1cccn1. The molecule has 1 aromatic heterocycles. The molecule has 1 aromatic rings. The third-order valence-electron chi connectivity index (χ3n) is 2.60. The largest absolute Gasteiger partial charge is 0.382 e. The number of hydrogen-bond acceptors (Lipinski definition) is 3. The van der Waals surface area contributed by atoms with Gasteiger partial charge in [0.05, 0.1) is 0 Å². The number of aliphatic imine (C=N–C) groups is 1. The van der Waals surface area contributed by atoms with E-state index in [1.165, 1.54) is 0 Å². The summed E-state index contributed by atoms with van der Waals surface area (Å²) in [5, 5.41) is 10.7. The number of aromatic nitrogens is 2. The van der Waals surface area contributed by atoms with Crippen LogP contribution in [0, 0.1) is 0 Å². The maximum absolute atomic E-state index is 5.28. The second-order valence-electron chi connectivity index (χ2n) is 4.10. The fourth-order valence-electron chi connectivity index (χ4n) is 1.63. The van der Waals surface area contributed by atoms with Gasteiger partial charge in [0.15, 0.2) is 5.96 Å². The lowest BCUT2D eigenvalue weighted by molar-refractivity contribution is 0.145. The van der Waals surface area contributed by atoms with Crippen molar-refractivity contribution in [2.45, 2.75) is 26.3 Å². The molecule has 0 bridgehead atoms. The van der Waals surface area contributed by atoms with Crippen molar-refractivity contribution >= 4 is 5.96 Å². The monoisotopic (exact) mass is 267 g/mol. The Labute approximate surface area is 115 Å². The highest BCUT2D eigenvalue weighted by Gasteiger charge is 1.97. The lowest BCUT2D eigenvalue weighted by atomic mass is 10.4. The summed E-state index contributed by atoms with van der Waals surface area (Å²) in [6.07, 6.45) is 5.77. The summed E-state index contributed by atoms with van der Waals surface area (Å²) in [6, 6.07) is 1.94. The van der Waals surface area contributed by atoms with Gasteiger partial charge < -0.3 is 15.4 Å². The van der Waals surface area contributed by atoms with Crippen molar-refractivity contribution in [3.05, 3.63) is 18.5 Å².